The molecule has 13 heavy (non-hydrogen) atoms. The highest BCUT2D eigenvalue weighted by molar-refractivity contribution is 5.99. The average molecular weight is 184 g/mol. The van der Waals surface area contributed by atoms with Crippen LogP contribution in [0.15, 0.2) is 11.0 Å². The number of aromatic carboxylic acids is 2. The number of nitrogens with one attached hydrogen (secondary N) is 1. The normalized spacial score (nSPS) is 9.54. The van der Waals surface area contributed by atoms with Gasteiger partial charge in [0.15, 0.2) is 0 Å². The van der Waals surface area contributed by atoms with Gasteiger partial charge in [0.25, 0.3) is 0 Å². The second-order valence-corrected chi connectivity index (χ2v) is 2.09. The summed E-state index contributed by atoms with van der Waals surface area (Å²) in [6.45, 7) is 0. The molecule has 1 aromatic rings. The lowest BCUT2D eigenvalue weighted by molar-refractivity contribution is 0.0645. The number of carboxylic acids is 2. The maximum Gasteiger partial charge on any atom is 0.353 e. The number of aromatic amines is 1. The van der Waals surface area contributed by atoms with Crippen LogP contribution >= 0.6 is 0 Å². The molecular weight excluding hydrogens is 180 g/mol. The van der Waals surface area contributed by atoms with Gasteiger partial charge in [-0.05, 0) is 0 Å². The van der Waals surface area contributed by atoms with Gasteiger partial charge < -0.3 is 10.2 Å². The van der Waals surface area contributed by atoms with Crippen molar-refractivity contribution in [2.75, 3.05) is 0 Å². The van der Waals surface area contributed by atoms with Crippen LogP contribution in [0.5, 0.6) is 0 Å². The van der Waals surface area contributed by atoms with E-state index in [0.29, 0.717) is 6.20 Å². The summed E-state index contributed by atoms with van der Waals surface area (Å²) in [7, 11) is 0. The highest BCUT2D eigenvalue weighted by Gasteiger charge is 2.16. The van der Waals surface area contributed by atoms with Crippen LogP contribution in [0.25, 0.3) is 0 Å². The zero-order valence-electron chi connectivity index (χ0n) is 6.14. The van der Waals surface area contributed by atoms with E-state index in [1.807, 2.05) is 4.98 Å². The molecule has 0 saturated carbocycles. The second kappa shape index (κ2) is 3.05. The molecule has 7 nitrogen and oxygen atoms in total. The Balaban J connectivity index is 3.44. The molecule has 0 atom stereocenters. The standard InChI is InChI=1S/C6H4N2O5/c9-4(10)2-1-7-6(13)8-3(2)5(11)12/h1H,(H,9,10)(H,11,12)(H,7,8,13). The van der Waals surface area contributed by atoms with E-state index >= 15 is 0 Å². The first-order valence-electron chi connectivity index (χ1n) is 3.08. The number of hydrogen-bond acceptors (Lipinski definition) is 4. The van der Waals surface area contributed by atoms with Gasteiger partial charge in [0, 0.05) is 6.20 Å². The van der Waals surface area contributed by atoms with Gasteiger partial charge in [-0.15, -0.1) is 0 Å². The number of aromatic nitrogens is 2. The third-order valence-corrected chi connectivity index (χ3v) is 1.26. The van der Waals surface area contributed by atoms with Crippen molar-refractivity contribution in [3.8, 4) is 0 Å². The third kappa shape index (κ3) is 1.70. The number of carbonyl (C=O) groups is 2. The molecule has 0 aliphatic carbocycles. The zero-order valence-corrected chi connectivity index (χ0v) is 6.14. The third-order valence-electron chi connectivity index (χ3n) is 1.26. The van der Waals surface area contributed by atoms with Gasteiger partial charge in [0.2, 0.25) is 0 Å². The summed E-state index contributed by atoms with van der Waals surface area (Å²) in [4.78, 5) is 36.3. The van der Waals surface area contributed by atoms with Crippen molar-refractivity contribution in [3.05, 3.63) is 27.9 Å². The molecule has 0 radical (unpaired) electrons. The number of rotatable bonds is 2. The van der Waals surface area contributed by atoms with Gasteiger partial charge in [0.1, 0.15) is 11.3 Å². The molecule has 0 saturated heterocycles. The van der Waals surface area contributed by atoms with Crippen molar-refractivity contribution in [2.45, 2.75) is 0 Å². The van der Waals surface area contributed by atoms with Crippen molar-refractivity contribution in [1.29, 1.82) is 0 Å². The molecule has 1 rings (SSSR count). The first-order valence-corrected chi connectivity index (χ1v) is 3.08. The Kier molecular flexibility index (Phi) is 2.09. The van der Waals surface area contributed by atoms with Crippen LogP contribution in [0.2, 0.25) is 0 Å². The summed E-state index contributed by atoms with van der Waals surface area (Å²) in [5, 5.41) is 17.0. The van der Waals surface area contributed by atoms with Gasteiger partial charge >= 0.3 is 17.6 Å². The highest BCUT2D eigenvalue weighted by atomic mass is 16.4. The van der Waals surface area contributed by atoms with Crippen molar-refractivity contribution in [3.63, 3.8) is 0 Å². The van der Waals surface area contributed by atoms with Crippen LogP contribution in [0.3, 0.4) is 0 Å². The minimum Gasteiger partial charge on any atom is -0.478 e. The minimum atomic E-state index is -1.52. The minimum absolute atomic E-state index is 0.549. The predicted molar refractivity (Wildman–Crippen MR) is 38.8 cm³/mol. The Labute approximate surface area is 70.7 Å². The Morgan fingerprint density at radius 3 is 2.38 bits per heavy atom. The van der Waals surface area contributed by atoms with Crippen LogP contribution < -0.4 is 5.69 Å². The van der Waals surface area contributed by atoms with Crippen LogP contribution in [0.1, 0.15) is 20.8 Å². The monoisotopic (exact) mass is 184 g/mol. The molecule has 0 bridgehead atoms. The number of carboxylic acid groups (broad SMARTS) is 2. The van der Waals surface area contributed by atoms with Crippen molar-refractivity contribution in [2.24, 2.45) is 0 Å². The zero-order chi connectivity index (χ0) is 10.0. The van der Waals surface area contributed by atoms with Gasteiger partial charge in [-0.25, -0.2) is 19.4 Å². The summed E-state index contributed by atoms with van der Waals surface area (Å²) < 4.78 is 0. The van der Waals surface area contributed by atoms with E-state index in [1.54, 1.807) is 0 Å². The van der Waals surface area contributed by atoms with E-state index in [2.05, 4.69) is 4.98 Å². The lowest BCUT2D eigenvalue weighted by Crippen LogP contribution is -2.20. The lowest BCUT2D eigenvalue weighted by atomic mass is 10.2. The summed E-state index contributed by atoms with van der Waals surface area (Å²) in [6, 6.07) is 0. The second-order valence-electron chi connectivity index (χ2n) is 2.09. The Bertz CT molecular complexity index is 421. The summed E-state index contributed by atoms with van der Waals surface area (Å²) in [5.74, 6) is -2.97. The summed E-state index contributed by atoms with van der Waals surface area (Å²) >= 11 is 0. The fourth-order valence-electron chi connectivity index (χ4n) is 0.725. The first kappa shape index (κ1) is 8.91. The van der Waals surface area contributed by atoms with Crippen LogP contribution in [-0.2, 0) is 0 Å². The molecule has 0 aromatic carbocycles. The molecule has 0 unspecified atom stereocenters. The molecule has 0 amide bonds. The Morgan fingerprint density at radius 1 is 1.31 bits per heavy atom. The van der Waals surface area contributed by atoms with Crippen molar-refractivity contribution in [1.82, 2.24) is 9.97 Å². The topological polar surface area (TPSA) is 120 Å². The van der Waals surface area contributed by atoms with E-state index in [-0.39, 0.29) is 0 Å². The van der Waals surface area contributed by atoms with E-state index in [1.165, 1.54) is 0 Å². The van der Waals surface area contributed by atoms with E-state index < -0.39 is 28.9 Å². The van der Waals surface area contributed by atoms with Crippen LogP contribution in [0, 0.1) is 0 Å². The molecule has 0 aliphatic heterocycles. The molecule has 0 spiro atoms. The van der Waals surface area contributed by atoms with Gasteiger partial charge in [0.05, 0.1) is 0 Å². The fourth-order valence-corrected chi connectivity index (χ4v) is 0.725. The number of hydrogen-bond donors (Lipinski definition) is 3. The summed E-state index contributed by atoms with van der Waals surface area (Å²) in [6.07, 6.45) is 0.699. The molecule has 1 heterocycles. The quantitative estimate of drug-likeness (QED) is 0.551. The van der Waals surface area contributed by atoms with Gasteiger partial charge in [-0.2, -0.15) is 0 Å². The highest BCUT2D eigenvalue weighted by Crippen LogP contribution is 2.00. The molecule has 0 aliphatic rings. The lowest BCUT2D eigenvalue weighted by Gasteiger charge is -1.97. The maximum atomic E-state index is 10.5. The van der Waals surface area contributed by atoms with Crippen molar-refractivity contribution >= 4 is 11.9 Å². The van der Waals surface area contributed by atoms with E-state index in [4.69, 9.17) is 10.2 Å². The van der Waals surface area contributed by atoms with Gasteiger partial charge in [-0.1, -0.05) is 0 Å². The van der Waals surface area contributed by atoms with Crippen LogP contribution in [0.4, 0.5) is 0 Å². The van der Waals surface area contributed by atoms with E-state index in [0.717, 1.165) is 0 Å². The largest absolute Gasteiger partial charge is 0.478 e. The average Bonchev–Trinajstić information content (AvgIpc) is 2.03. The molecule has 1 aromatic heterocycles. The van der Waals surface area contributed by atoms with Crippen LogP contribution in [-0.4, -0.2) is 32.1 Å². The molecule has 7 heteroatoms. The fraction of sp³-hybridized carbons (Fsp3) is 0. The predicted octanol–water partition coefficient (Wildman–Crippen LogP) is -0.834. The van der Waals surface area contributed by atoms with Crippen molar-refractivity contribution < 1.29 is 19.8 Å². The Hall–Kier alpha value is -2.18. The number of H-pyrrole nitrogens is 1. The van der Waals surface area contributed by atoms with E-state index in [9.17, 15) is 14.4 Å². The molecular formula is C6H4N2O5. The number of nitrogens with zero attached hydrogens (tertiary/aromatic N) is 1. The smallest absolute Gasteiger partial charge is 0.353 e. The molecule has 68 valence electrons. The first-order chi connectivity index (χ1) is 6.02. The molecule has 3 N–H and O–H groups in total. The maximum absolute atomic E-state index is 10.5. The SMILES string of the molecule is O=C(O)c1cnc(=O)[nH]c1C(=O)O. The summed E-state index contributed by atoms with van der Waals surface area (Å²) in [5.41, 5.74) is -2.12. The molecule has 0 fully saturated rings. The Morgan fingerprint density at radius 2 is 1.92 bits per heavy atom. The van der Waals surface area contributed by atoms with Gasteiger partial charge in [-0.3, -0.25) is 4.98 Å².